The van der Waals surface area contributed by atoms with Gasteiger partial charge in [0.05, 0.1) is 25.4 Å². The number of hydrogen-bond donors (Lipinski definition) is 6. The number of carbonyl (C=O) groups is 1. The van der Waals surface area contributed by atoms with E-state index in [1.54, 1.807) is 6.08 Å². The number of unbranched alkanes of at least 4 members (excludes halogenated alkanes) is 23. The molecule has 434 valence electrons. The maximum Gasteiger partial charge on any atom is 0.220 e. The van der Waals surface area contributed by atoms with Crippen LogP contribution in [0.4, 0.5) is 0 Å². The van der Waals surface area contributed by atoms with Gasteiger partial charge in [-0.05, 0) is 96.3 Å². The molecular weight excluding hydrogens is 947 g/mol. The summed E-state index contributed by atoms with van der Waals surface area (Å²) in [5.41, 5.74) is 0. The maximum atomic E-state index is 13.1. The van der Waals surface area contributed by atoms with Crippen molar-refractivity contribution in [2.24, 2.45) is 0 Å². The molecule has 1 rings (SSSR count). The highest BCUT2D eigenvalue weighted by atomic mass is 16.7. The van der Waals surface area contributed by atoms with Crippen LogP contribution in [0.3, 0.4) is 0 Å². The van der Waals surface area contributed by atoms with E-state index in [0.717, 1.165) is 83.5 Å². The second kappa shape index (κ2) is 54.9. The number of ether oxygens (including phenoxy) is 2. The fourth-order valence-electron chi connectivity index (χ4n) is 8.95. The summed E-state index contributed by atoms with van der Waals surface area (Å²) in [5.74, 6) is -0.232. The normalized spacial score (nSPS) is 19.7. The van der Waals surface area contributed by atoms with Crippen LogP contribution in [-0.2, 0) is 14.3 Å². The molecule has 9 nitrogen and oxygen atoms in total. The summed E-state index contributed by atoms with van der Waals surface area (Å²) in [6.45, 7) is 3.63. The number of carbonyl (C=O) groups excluding carboxylic acids is 1. The molecular formula is C67H113NO8. The van der Waals surface area contributed by atoms with Crippen LogP contribution in [-0.4, -0.2) is 87.5 Å². The van der Waals surface area contributed by atoms with Crippen LogP contribution in [0.1, 0.15) is 239 Å². The van der Waals surface area contributed by atoms with Crippen molar-refractivity contribution in [2.45, 2.75) is 281 Å². The molecule has 6 N–H and O–H groups in total. The van der Waals surface area contributed by atoms with Gasteiger partial charge in [-0.2, -0.15) is 0 Å². The van der Waals surface area contributed by atoms with Gasteiger partial charge in [-0.3, -0.25) is 4.79 Å². The first kappa shape index (κ1) is 70.6. The van der Waals surface area contributed by atoms with Crippen LogP contribution in [0.15, 0.2) is 122 Å². The van der Waals surface area contributed by atoms with Crippen LogP contribution >= 0.6 is 0 Å². The van der Waals surface area contributed by atoms with Crippen molar-refractivity contribution in [1.29, 1.82) is 0 Å². The number of nitrogens with one attached hydrogen (secondary N) is 1. The Labute approximate surface area is 465 Å². The molecule has 0 aromatic rings. The van der Waals surface area contributed by atoms with Gasteiger partial charge in [0.2, 0.25) is 5.91 Å². The van der Waals surface area contributed by atoms with Crippen molar-refractivity contribution in [2.75, 3.05) is 13.2 Å². The van der Waals surface area contributed by atoms with Gasteiger partial charge in [0.15, 0.2) is 6.29 Å². The average Bonchev–Trinajstić information content (AvgIpc) is 3.42. The number of allylic oxidation sites excluding steroid dienone is 19. The van der Waals surface area contributed by atoms with Gasteiger partial charge in [0.1, 0.15) is 24.4 Å². The van der Waals surface area contributed by atoms with Gasteiger partial charge in [-0.25, -0.2) is 0 Å². The van der Waals surface area contributed by atoms with E-state index in [0.29, 0.717) is 6.42 Å². The van der Waals surface area contributed by atoms with Crippen molar-refractivity contribution in [1.82, 2.24) is 5.32 Å². The molecule has 0 radical (unpaired) electrons. The Morgan fingerprint density at radius 1 is 0.461 bits per heavy atom. The lowest BCUT2D eigenvalue weighted by Gasteiger charge is -2.40. The van der Waals surface area contributed by atoms with Crippen LogP contribution in [0.5, 0.6) is 0 Å². The molecule has 76 heavy (non-hydrogen) atoms. The number of amides is 1. The molecule has 0 aliphatic carbocycles. The summed E-state index contributed by atoms with van der Waals surface area (Å²) >= 11 is 0. The highest BCUT2D eigenvalue weighted by Gasteiger charge is 2.44. The minimum atomic E-state index is -1.59. The SMILES string of the molecule is CC/C=C\C/C=C\C/C=C\C/C=C\C/C=C\C/C=C\C/C=C\C/C=C\CCCCC(=O)NC(COC1OC(CO)C(O)C(O)C1O)C(O)/C=C/CC/C=C/CCCCCCCCCCCCCCCCCCCCCC. The Morgan fingerprint density at radius 3 is 1.26 bits per heavy atom. The average molecular weight is 1060 g/mol. The molecule has 9 heteroatoms. The Bertz CT molecular complexity index is 1610. The van der Waals surface area contributed by atoms with Crippen molar-refractivity contribution < 1.29 is 39.8 Å². The van der Waals surface area contributed by atoms with Gasteiger partial charge < -0.3 is 40.3 Å². The first-order valence-electron chi connectivity index (χ1n) is 30.8. The molecule has 1 saturated heterocycles. The van der Waals surface area contributed by atoms with Crippen molar-refractivity contribution in [3.05, 3.63) is 122 Å². The highest BCUT2D eigenvalue weighted by Crippen LogP contribution is 2.23. The highest BCUT2D eigenvalue weighted by molar-refractivity contribution is 5.76. The summed E-state index contributed by atoms with van der Waals surface area (Å²) in [6.07, 6.45) is 75.6. The van der Waals surface area contributed by atoms with Gasteiger partial charge in [-0.1, -0.05) is 257 Å². The van der Waals surface area contributed by atoms with E-state index in [2.05, 4.69) is 129 Å². The first-order valence-corrected chi connectivity index (χ1v) is 30.8. The van der Waals surface area contributed by atoms with Crippen molar-refractivity contribution in [3.63, 3.8) is 0 Å². The summed E-state index contributed by atoms with van der Waals surface area (Å²) in [7, 11) is 0. The Balaban J connectivity index is 2.29. The van der Waals surface area contributed by atoms with E-state index in [4.69, 9.17) is 9.47 Å². The molecule has 0 aromatic heterocycles. The second-order valence-electron chi connectivity index (χ2n) is 20.8. The van der Waals surface area contributed by atoms with Gasteiger partial charge >= 0.3 is 0 Å². The smallest absolute Gasteiger partial charge is 0.220 e. The zero-order valence-corrected chi connectivity index (χ0v) is 48.2. The topological polar surface area (TPSA) is 149 Å². The van der Waals surface area contributed by atoms with Crippen LogP contribution in [0, 0.1) is 0 Å². The van der Waals surface area contributed by atoms with Gasteiger partial charge in [0.25, 0.3) is 0 Å². The lowest BCUT2D eigenvalue weighted by Crippen LogP contribution is -2.60. The molecule has 1 aliphatic heterocycles. The van der Waals surface area contributed by atoms with Gasteiger partial charge in [-0.15, -0.1) is 0 Å². The lowest BCUT2D eigenvalue weighted by molar-refractivity contribution is -0.302. The molecule has 0 saturated carbocycles. The van der Waals surface area contributed by atoms with Crippen LogP contribution in [0.2, 0.25) is 0 Å². The molecule has 7 unspecified atom stereocenters. The third kappa shape index (κ3) is 43.6. The summed E-state index contributed by atoms with van der Waals surface area (Å²) in [5, 5.41) is 54.5. The van der Waals surface area contributed by atoms with Gasteiger partial charge in [0, 0.05) is 6.42 Å². The third-order valence-electron chi connectivity index (χ3n) is 13.8. The third-order valence-corrected chi connectivity index (χ3v) is 13.8. The number of rotatable bonds is 51. The molecule has 0 spiro atoms. The quantitative estimate of drug-likeness (QED) is 0.0261. The van der Waals surface area contributed by atoms with E-state index in [9.17, 15) is 30.3 Å². The van der Waals surface area contributed by atoms with Crippen molar-refractivity contribution >= 4 is 5.91 Å². The van der Waals surface area contributed by atoms with Crippen molar-refractivity contribution in [3.8, 4) is 0 Å². The van der Waals surface area contributed by atoms with Crippen LogP contribution in [0.25, 0.3) is 0 Å². The first-order chi connectivity index (χ1) is 37.3. The Morgan fingerprint density at radius 2 is 0.829 bits per heavy atom. The molecule has 0 bridgehead atoms. The minimum absolute atomic E-state index is 0.227. The fraction of sp³-hybridized carbons (Fsp3) is 0.687. The molecule has 1 amide bonds. The summed E-state index contributed by atoms with van der Waals surface area (Å²) in [6, 6.07) is -0.856. The monoisotopic (exact) mass is 1060 g/mol. The van der Waals surface area contributed by atoms with Crippen LogP contribution < -0.4 is 5.32 Å². The minimum Gasteiger partial charge on any atom is -0.394 e. The Hall–Kier alpha value is -3.41. The summed E-state index contributed by atoms with van der Waals surface area (Å²) < 4.78 is 11.3. The molecule has 1 heterocycles. The fourth-order valence-corrected chi connectivity index (χ4v) is 8.95. The van der Waals surface area contributed by atoms with E-state index < -0.39 is 49.5 Å². The predicted molar refractivity (Wildman–Crippen MR) is 322 cm³/mol. The van der Waals surface area contributed by atoms with E-state index >= 15 is 0 Å². The van der Waals surface area contributed by atoms with E-state index in [-0.39, 0.29) is 18.9 Å². The summed E-state index contributed by atoms with van der Waals surface area (Å²) in [4.78, 5) is 13.1. The number of aliphatic hydroxyl groups is 5. The lowest BCUT2D eigenvalue weighted by atomic mass is 9.99. The zero-order chi connectivity index (χ0) is 55.0. The molecule has 1 fully saturated rings. The molecule has 1 aliphatic rings. The zero-order valence-electron chi connectivity index (χ0n) is 48.2. The molecule has 0 aromatic carbocycles. The Kier molecular flexibility index (Phi) is 51.0. The standard InChI is InChI=1S/C67H113NO8/c1-3-5-7-9-11-13-15-17-19-21-23-25-27-29-31-33-35-37-39-41-43-45-47-49-51-53-55-57-63(71)68-60(59-75-67-66(74)65(73)64(72)62(58-69)76-67)61(70)56-54-52-50-48-46-44-42-40-38-36-34-32-30-28-26-24-22-20-18-16-14-12-10-8-6-4-2/h5,7,11,13,17,19,23,25,29,31,35,37,41,43,46-49,54,56,60-62,64-67,69-70,72-74H,3-4,6,8-10,12,14-16,18,20-22,24,26-28,30,32-34,36,38-40,42,44-45,50-53,55,57-59H2,1-2H3,(H,68,71)/b7-5-,13-11-,19-17-,25-23-,31-29-,37-35-,43-41-,48-46+,49-47-,56-54+. The molecule has 7 atom stereocenters. The second-order valence-corrected chi connectivity index (χ2v) is 20.8. The number of aliphatic hydroxyl groups excluding tert-OH is 5. The van der Waals surface area contributed by atoms with E-state index in [1.807, 2.05) is 6.08 Å². The van der Waals surface area contributed by atoms with E-state index in [1.165, 1.54) is 128 Å². The number of hydrogen-bond acceptors (Lipinski definition) is 8. The maximum absolute atomic E-state index is 13.1. The largest absolute Gasteiger partial charge is 0.394 e. The predicted octanol–water partition coefficient (Wildman–Crippen LogP) is 15.9.